The molecule has 1 heterocycles. The molecular weight excluding hydrogens is 173 g/mol. The predicted octanol–water partition coefficient (Wildman–Crippen LogP) is 2.97. The Labute approximate surface area is 79.8 Å². The molecule has 0 N–H and O–H groups in total. The lowest BCUT2D eigenvalue weighted by Gasteiger charge is -2.31. The summed E-state index contributed by atoms with van der Waals surface area (Å²) in [6.07, 6.45) is 2.19. The first-order valence-electron chi connectivity index (χ1n) is 4.67. The highest BCUT2D eigenvalue weighted by molar-refractivity contribution is 7.96. The molecule has 0 aliphatic carbocycles. The van der Waals surface area contributed by atoms with Crippen LogP contribution in [0.5, 0.6) is 0 Å². The molecule has 0 spiro atoms. The van der Waals surface area contributed by atoms with Crippen molar-refractivity contribution in [2.24, 2.45) is 5.92 Å². The van der Waals surface area contributed by atoms with Crippen LogP contribution in [-0.2, 0) is 0 Å². The van der Waals surface area contributed by atoms with Crippen LogP contribution in [0, 0.1) is 5.92 Å². The Morgan fingerprint density at radius 3 is 2.42 bits per heavy atom. The molecule has 2 atom stereocenters. The van der Waals surface area contributed by atoms with Gasteiger partial charge in [-0.05, 0) is 12.7 Å². The van der Waals surface area contributed by atoms with Crippen LogP contribution in [0.15, 0.2) is 0 Å². The fourth-order valence-electron chi connectivity index (χ4n) is 1.24. The van der Waals surface area contributed by atoms with Crippen LogP contribution < -0.4 is 0 Å². The fourth-order valence-corrected chi connectivity index (χ4v) is 1.92. The number of hydrogen-bond donors (Lipinski definition) is 0. The lowest BCUT2D eigenvalue weighted by atomic mass is 10.00. The minimum Gasteiger partial charge on any atom is -0.250 e. The van der Waals surface area contributed by atoms with E-state index >= 15 is 0 Å². The van der Waals surface area contributed by atoms with Crippen molar-refractivity contribution in [2.45, 2.75) is 33.4 Å². The van der Waals surface area contributed by atoms with Crippen molar-refractivity contribution in [3.63, 3.8) is 0 Å². The maximum Gasteiger partial charge on any atom is 0.105 e. The zero-order valence-corrected chi connectivity index (χ0v) is 9.33. The number of piperidine rings is 1. The Kier molecular flexibility index (Phi) is 6.86. The summed E-state index contributed by atoms with van der Waals surface area (Å²) >= 11 is 1.72. The van der Waals surface area contributed by atoms with Gasteiger partial charge in [0.05, 0.1) is 0 Å². The van der Waals surface area contributed by atoms with E-state index in [0.717, 1.165) is 13.1 Å². The molecule has 0 aromatic carbocycles. The Hall–Kier alpha value is 0.240. The number of rotatable bonds is 1. The Morgan fingerprint density at radius 1 is 1.42 bits per heavy atom. The van der Waals surface area contributed by atoms with Gasteiger partial charge in [-0.3, -0.25) is 4.31 Å². The van der Waals surface area contributed by atoms with Crippen molar-refractivity contribution in [2.75, 3.05) is 19.3 Å². The minimum absolute atomic E-state index is 0.223. The van der Waals surface area contributed by atoms with Gasteiger partial charge in [0.2, 0.25) is 0 Å². The van der Waals surface area contributed by atoms with Crippen molar-refractivity contribution in [3.8, 4) is 0 Å². The summed E-state index contributed by atoms with van der Waals surface area (Å²) in [6, 6.07) is 0. The van der Waals surface area contributed by atoms with Crippen molar-refractivity contribution < 1.29 is 4.39 Å². The van der Waals surface area contributed by atoms with Gasteiger partial charge < -0.3 is 0 Å². The van der Waals surface area contributed by atoms with E-state index in [1.165, 1.54) is 0 Å². The largest absolute Gasteiger partial charge is 0.250 e. The molecule has 0 aromatic heterocycles. The summed E-state index contributed by atoms with van der Waals surface area (Å²) in [5.41, 5.74) is 0. The van der Waals surface area contributed by atoms with Crippen molar-refractivity contribution in [1.82, 2.24) is 4.31 Å². The first-order chi connectivity index (χ1) is 5.74. The molecule has 12 heavy (non-hydrogen) atoms. The van der Waals surface area contributed by atoms with E-state index in [9.17, 15) is 4.39 Å². The van der Waals surface area contributed by atoms with Crippen LogP contribution in [-0.4, -0.2) is 29.8 Å². The predicted molar refractivity (Wildman–Crippen MR) is 55.1 cm³/mol. The highest BCUT2D eigenvalue weighted by atomic mass is 32.2. The normalized spacial score (nSPS) is 30.8. The Balaban J connectivity index is 0.000000561. The molecule has 74 valence electrons. The fraction of sp³-hybridized carbons (Fsp3) is 1.00. The third-order valence-electron chi connectivity index (χ3n) is 2.02. The summed E-state index contributed by atoms with van der Waals surface area (Å²) < 4.78 is 15.1. The first-order valence-corrected chi connectivity index (χ1v) is 5.85. The van der Waals surface area contributed by atoms with Gasteiger partial charge in [0.1, 0.15) is 6.17 Å². The van der Waals surface area contributed by atoms with Gasteiger partial charge in [0, 0.05) is 19.0 Å². The molecule has 3 heteroatoms. The van der Waals surface area contributed by atoms with Crippen molar-refractivity contribution in [3.05, 3.63) is 0 Å². The second-order valence-corrected chi connectivity index (χ2v) is 3.73. The maximum atomic E-state index is 12.9. The summed E-state index contributed by atoms with van der Waals surface area (Å²) in [5, 5.41) is 0. The molecule has 1 nitrogen and oxygen atoms in total. The van der Waals surface area contributed by atoms with E-state index in [1.807, 2.05) is 27.0 Å². The van der Waals surface area contributed by atoms with Crippen LogP contribution in [0.4, 0.5) is 4.39 Å². The van der Waals surface area contributed by atoms with Gasteiger partial charge in [-0.2, -0.15) is 0 Å². The van der Waals surface area contributed by atoms with Crippen LogP contribution in [0.3, 0.4) is 0 Å². The third-order valence-corrected chi connectivity index (χ3v) is 2.87. The van der Waals surface area contributed by atoms with Gasteiger partial charge in [0.25, 0.3) is 0 Å². The Morgan fingerprint density at radius 2 is 2.00 bits per heavy atom. The molecule has 0 amide bonds. The van der Waals surface area contributed by atoms with Gasteiger partial charge in [-0.15, -0.1) is 0 Å². The van der Waals surface area contributed by atoms with Crippen molar-refractivity contribution in [1.29, 1.82) is 0 Å². The smallest absolute Gasteiger partial charge is 0.105 e. The van der Waals surface area contributed by atoms with Crippen LogP contribution >= 0.6 is 11.9 Å². The van der Waals surface area contributed by atoms with Crippen molar-refractivity contribution >= 4 is 11.9 Å². The van der Waals surface area contributed by atoms with Gasteiger partial charge in [0.15, 0.2) is 0 Å². The van der Waals surface area contributed by atoms with E-state index in [-0.39, 0.29) is 5.92 Å². The molecule has 0 saturated carbocycles. The number of alkyl halides is 1. The van der Waals surface area contributed by atoms with E-state index < -0.39 is 6.17 Å². The van der Waals surface area contributed by atoms with E-state index in [1.54, 1.807) is 11.9 Å². The first kappa shape index (κ1) is 12.2. The SMILES string of the molecule is CC.CSN1CCC(F)C(C)C1. The van der Waals surface area contributed by atoms with Crippen LogP contribution in [0.25, 0.3) is 0 Å². The molecule has 1 fully saturated rings. The van der Waals surface area contributed by atoms with E-state index in [4.69, 9.17) is 0 Å². The molecule has 1 aliphatic rings. The summed E-state index contributed by atoms with van der Waals surface area (Å²) in [4.78, 5) is 0. The highest BCUT2D eigenvalue weighted by Crippen LogP contribution is 2.22. The molecule has 0 bridgehead atoms. The summed E-state index contributed by atoms with van der Waals surface area (Å²) in [6.45, 7) is 7.79. The molecule has 0 radical (unpaired) electrons. The monoisotopic (exact) mass is 193 g/mol. The minimum atomic E-state index is -0.566. The highest BCUT2D eigenvalue weighted by Gasteiger charge is 2.24. The third kappa shape index (κ3) is 3.76. The second kappa shape index (κ2) is 6.72. The van der Waals surface area contributed by atoms with Gasteiger partial charge >= 0.3 is 0 Å². The zero-order chi connectivity index (χ0) is 9.56. The quantitative estimate of drug-likeness (QED) is 0.589. The molecular formula is C9H20FNS. The average molecular weight is 193 g/mol. The number of hydrogen-bond acceptors (Lipinski definition) is 2. The lowest BCUT2D eigenvalue weighted by molar-refractivity contribution is 0.153. The maximum absolute atomic E-state index is 12.9. The lowest BCUT2D eigenvalue weighted by Crippen LogP contribution is -2.35. The molecule has 1 saturated heterocycles. The zero-order valence-electron chi connectivity index (χ0n) is 8.51. The molecule has 0 aromatic rings. The van der Waals surface area contributed by atoms with E-state index in [2.05, 4.69) is 4.31 Å². The summed E-state index contributed by atoms with van der Waals surface area (Å²) in [7, 11) is 0. The molecule has 2 unspecified atom stereocenters. The summed E-state index contributed by atoms with van der Waals surface area (Å²) in [5.74, 6) is 0.223. The standard InChI is InChI=1S/C7H14FNS.C2H6/c1-6-5-9(10-2)4-3-7(6)8;1-2/h6-7H,3-5H2,1-2H3;1-2H3. The van der Waals surface area contributed by atoms with Gasteiger partial charge in [-0.25, -0.2) is 4.39 Å². The number of halogens is 1. The van der Waals surface area contributed by atoms with Crippen LogP contribution in [0.1, 0.15) is 27.2 Å². The molecule has 1 aliphatic heterocycles. The Bertz CT molecular complexity index is 111. The van der Waals surface area contributed by atoms with E-state index in [0.29, 0.717) is 6.42 Å². The second-order valence-electron chi connectivity index (χ2n) is 2.85. The number of nitrogens with zero attached hydrogens (tertiary/aromatic N) is 1. The van der Waals surface area contributed by atoms with Gasteiger partial charge in [-0.1, -0.05) is 32.7 Å². The molecule has 1 rings (SSSR count). The topological polar surface area (TPSA) is 3.24 Å². The average Bonchev–Trinajstić information content (AvgIpc) is 2.13. The van der Waals surface area contributed by atoms with Crippen LogP contribution in [0.2, 0.25) is 0 Å².